The molecular formula is C23H16Cl2N4O2. The Kier molecular flexibility index (Phi) is 5.84. The summed E-state index contributed by atoms with van der Waals surface area (Å²) in [6.45, 7) is 1.63. The summed E-state index contributed by atoms with van der Waals surface area (Å²) >= 11 is 12.0. The van der Waals surface area contributed by atoms with Crippen molar-refractivity contribution in [3.05, 3.63) is 88.2 Å². The smallest absolute Gasteiger partial charge is 0.272 e. The molecule has 4 aromatic rings. The second-order valence-corrected chi connectivity index (χ2v) is 7.58. The maximum atomic E-state index is 13.0. The van der Waals surface area contributed by atoms with Crippen LogP contribution in [0.25, 0.3) is 22.2 Å². The molecule has 0 unspecified atom stereocenters. The average Bonchev–Trinajstić information content (AvgIpc) is 2.79. The largest absolute Gasteiger partial charge is 0.506 e. The highest BCUT2D eigenvalue weighted by atomic mass is 35.5. The maximum absolute atomic E-state index is 13.0. The fraction of sp³-hybridized carbons (Fsp3) is 0.0435. The minimum atomic E-state index is -0.421. The number of pyridine rings is 2. The van der Waals surface area contributed by atoms with Crippen LogP contribution in [-0.2, 0) is 0 Å². The number of amides is 1. The highest BCUT2D eigenvalue weighted by Crippen LogP contribution is 2.31. The Labute approximate surface area is 188 Å². The van der Waals surface area contributed by atoms with Gasteiger partial charge in [0.15, 0.2) is 0 Å². The summed E-state index contributed by atoms with van der Waals surface area (Å²) in [5.74, 6) is -0.578. The van der Waals surface area contributed by atoms with E-state index in [1.807, 2.05) is 36.4 Å². The summed E-state index contributed by atoms with van der Waals surface area (Å²) in [6.07, 6.45) is 3.36. The van der Waals surface area contributed by atoms with E-state index in [1.54, 1.807) is 25.4 Å². The van der Waals surface area contributed by atoms with E-state index in [4.69, 9.17) is 23.2 Å². The molecule has 8 heteroatoms. The van der Waals surface area contributed by atoms with Crippen molar-refractivity contribution in [2.75, 3.05) is 0 Å². The van der Waals surface area contributed by atoms with Crippen molar-refractivity contribution in [2.24, 2.45) is 5.10 Å². The van der Waals surface area contributed by atoms with Crippen LogP contribution in [0.4, 0.5) is 0 Å². The van der Waals surface area contributed by atoms with Crippen molar-refractivity contribution in [2.45, 2.75) is 6.92 Å². The van der Waals surface area contributed by atoms with Crippen LogP contribution >= 0.6 is 23.2 Å². The summed E-state index contributed by atoms with van der Waals surface area (Å²) in [7, 11) is 0. The van der Waals surface area contributed by atoms with Crippen LogP contribution in [-0.4, -0.2) is 26.7 Å². The summed E-state index contributed by atoms with van der Waals surface area (Å²) in [4.78, 5) is 21.8. The second-order valence-electron chi connectivity index (χ2n) is 6.74. The number of rotatable bonds is 4. The van der Waals surface area contributed by atoms with Crippen LogP contribution in [0.3, 0.4) is 0 Å². The number of phenols is 1. The zero-order valence-electron chi connectivity index (χ0n) is 16.3. The first kappa shape index (κ1) is 20.8. The molecule has 2 aromatic carbocycles. The lowest BCUT2D eigenvalue weighted by Gasteiger charge is -2.10. The van der Waals surface area contributed by atoms with Gasteiger partial charge in [-0.15, -0.1) is 0 Å². The van der Waals surface area contributed by atoms with Crippen molar-refractivity contribution in [1.29, 1.82) is 0 Å². The monoisotopic (exact) mass is 450 g/mol. The van der Waals surface area contributed by atoms with E-state index in [0.29, 0.717) is 38.5 Å². The minimum absolute atomic E-state index is 0.101. The molecule has 154 valence electrons. The zero-order valence-corrected chi connectivity index (χ0v) is 17.8. The molecule has 0 aliphatic heterocycles. The number of hydrogen-bond acceptors (Lipinski definition) is 5. The Morgan fingerprint density at radius 1 is 1.06 bits per heavy atom. The van der Waals surface area contributed by atoms with Crippen LogP contribution in [0.15, 0.2) is 72.1 Å². The van der Waals surface area contributed by atoms with Crippen molar-refractivity contribution < 1.29 is 9.90 Å². The molecule has 0 radical (unpaired) electrons. The van der Waals surface area contributed by atoms with Crippen LogP contribution in [0.2, 0.25) is 10.0 Å². The Hall–Kier alpha value is -3.48. The first-order valence-electron chi connectivity index (χ1n) is 9.27. The third-order valence-electron chi connectivity index (χ3n) is 4.66. The number of para-hydroxylation sites is 1. The normalized spacial score (nSPS) is 11.5. The van der Waals surface area contributed by atoms with Gasteiger partial charge in [0, 0.05) is 33.9 Å². The van der Waals surface area contributed by atoms with Gasteiger partial charge < -0.3 is 5.11 Å². The summed E-state index contributed by atoms with van der Waals surface area (Å²) in [5, 5.41) is 15.4. The maximum Gasteiger partial charge on any atom is 0.272 e. The number of aromatic nitrogens is 2. The Morgan fingerprint density at radius 3 is 2.65 bits per heavy atom. The predicted molar refractivity (Wildman–Crippen MR) is 123 cm³/mol. The molecule has 0 aliphatic carbocycles. The molecule has 0 saturated heterocycles. The predicted octanol–water partition coefficient (Wildman–Crippen LogP) is 5.46. The molecule has 6 nitrogen and oxygen atoms in total. The van der Waals surface area contributed by atoms with Gasteiger partial charge in [-0.2, -0.15) is 5.10 Å². The van der Waals surface area contributed by atoms with E-state index in [1.165, 1.54) is 12.1 Å². The van der Waals surface area contributed by atoms with Gasteiger partial charge in [0.25, 0.3) is 5.91 Å². The molecule has 0 spiro atoms. The molecule has 31 heavy (non-hydrogen) atoms. The van der Waals surface area contributed by atoms with E-state index < -0.39 is 5.91 Å². The minimum Gasteiger partial charge on any atom is -0.506 e. The third-order valence-corrected chi connectivity index (χ3v) is 5.17. The number of carbonyl (C=O) groups excluding carboxylic acids is 1. The number of aromatic hydroxyl groups is 1. The SMILES string of the molecule is C/C(=N\NC(=O)c1cc(-c2cccnc2)nc2ccccc12)c1cc(Cl)cc(Cl)c1O. The fourth-order valence-electron chi connectivity index (χ4n) is 3.12. The molecule has 0 fully saturated rings. The van der Waals surface area contributed by atoms with Crippen molar-refractivity contribution in [1.82, 2.24) is 15.4 Å². The Bertz CT molecular complexity index is 1320. The number of carbonyl (C=O) groups is 1. The van der Waals surface area contributed by atoms with Gasteiger partial charge in [-0.3, -0.25) is 9.78 Å². The van der Waals surface area contributed by atoms with Gasteiger partial charge in [0.1, 0.15) is 5.75 Å². The highest BCUT2D eigenvalue weighted by Gasteiger charge is 2.15. The molecule has 4 rings (SSSR count). The van der Waals surface area contributed by atoms with Gasteiger partial charge in [-0.1, -0.05) is 41.4 Å². The Morgan fingerprint density at radius 2 is 1.87 bits per heavy atom. The molecule has 2 heterocycles. The quantitative estimate of drug-likeness (QED) is 0.319. The lowest BCUT2D eigenvalue weighted by Crippen LogP contribution is -2.20. The lowest BCUT2D eigenvalue weighted by atomic mass is 10.0. The standard InChI is InChI=1S/C23H16Cl2N4O2/c1-13(17-9-15(24)10-19(25)22(17)30)28-29-23(31)18-11-21(14-5-4-8-26-12-14)27-20-7-3-2-6-16(18)20/h2-12,30H,1H3,(H,29,31)/b28-13+. The highest BCUT2D eigenvalue weighted by molar-refractivity contribution is 6.36. The molecule has 2 aromatic heterocycles. The van der Waals surface area contributed by atoms with Crippen LogP contribution in [0, 0.1) is 0 Å². The molecule has 2 N–H and O–H groups in total. The lowest BCUT2D eigenvalue weighted by molar-refractivity contribution is 0.0956. The number of nitrogens with zero attached hydrogens (tertiary/aromatic N) is 3. The summed E-state index contributed by atoms with van der Waals surface area (Å²) in [5.41, 5.74) is 5.72. The number of halogens is 2. The van der Waals surface area contributed by atoms with Gasteiger partial charge in [0.05, 0.1) is 27.5 Å². The number of hydrazone groups is 1. The van der Waals surface area contributed by atoms with Crippen molar-refractivity contribution >= 4 is 45.7 Å². The molecule has 0 atom stereocenters. The molecule has 1 amide bonds. The van der Waals surface area contributed by atoms with Gasteiger partial charge in [-0.05, 0) is 43.3 Å². The summed E-state index contributed by atoms with van der Waals surface area (Å²) < 4.78 is 0. The van der Waals surface area contributed by atoms with E-state index in [9.17, 15) is 9.90 Å². The van der Waals surface area contributed by atoms with E-state index in [-0.39, 0.29) is 10.8 Å². The third kappa shape index (κ3) is 4.35. The van der Waals surface area contributed by atoms with Crippen LogP contribution in [0.1, 0.15) is 22.8 Å². The van der Waals surface area contributed by atoms with Gasteiger partial charge >= 0.3 is 0 Å². The molecule has 0 aliphatic rings. The Balaban J connectivity index is 1.72. The molecule has 0 saturated carbocycles. The first-order chi connectivity index (χ1) is 14.9. The van der Waals surface area contributed by atoms with E-state index in [2.05, 4.69) is 20.5 Å². The summed E-state index contributed by atoms with van der Waals surface area (Å²) in [6, 6.07) is 15.7. The average molecular weight is 451 g/mol. The van der Waals surface area contributed by atoms with E-state index >= 15 is 0 Å². The van der Waals surface area contributed by atoms with Crippen LogP contribution in [0.5, 0.6) is 5.75 Å². The number of benzene rings is 2. The van der Waals surface area contributed by atoms with Gasteiger partial charge in [0.2, 0.25) is 0 Å². The number of fused-ring (bicyclic) bond motifs is 1. The first-order valence-corrected chi connectivity index (χ1v) is 10.0. The second kappa shape index (κ2) is 8.71. The van der Waals surface area contributed by atoms with Crippen molar-refractivity contribution in [3.63, 3.8) is 0 Å². The van der Waals surface area contributed by atoms with Crippen LogP contribution < -0.4 is 5.43 Å². The molecule has 0 bridgehead atoms. The topological polar surface area (TPSA) is 87.5 Å². The number of phenolic OH excluding ortho intramolecular Hbond substituents is 1. The fourth-order valence-corrected chi connectivity index (χ4v) is 3.62. The van der Waals surface area contributed by atoms with Crippen molar-refractivity contribution in [3.8, 4) is 17.0 Å². The van der Waals surface area contributed by atoms with E-state index in [0.717, 1.165) is 5.56 Å². The van der Waals surface area contributed by atoms with Gasteiger partial charge in [-0.25, -0.2) is 10.4 Å². The number of nitrogens with one attached hydrogen (secondary N) is 1. The zero-order chi connectivity index (χ0) is 22.0. The molecular weight excluding hydrogens is 435 g/mol. The number of hydrogen-bond donors (Lipinski definition) is 2.